The van der Waals surface area contributed by atoms with Crippen LogP contribution in [0.4, 0.5) is 5.69 Å². The normalized spacial score (nSPS) is 10.3. The molecule has 0 spiro atoms. The molecule has 2 rings (SSSR count). The van der Waals surface area contributed by atoms with Gasteiger partial charge in [-0.3, -0.25) is 4.79 Å². The largest absolute Gasteiger partial charge is 0.378 e. The SMILES string of the molecule is Cc1cc(C(=O)c2ccc(N(C)C)cc2)ccc1Cl. The summed E-state index contributed by atoms with van der Waals surface area (Å²) in [5.74, 6) is 0.0186. The fraction of sp³-hybridized carbons (Fsp3) is 0.188. The van der Waals surface area contributed by atoms with Crippen LogP contribution in [-0.4, -0.2) is 19.9 Å². The van der Waals surface area contributed by atoms with E-state index in [0.29, 0.717) is 16.1 Å². The van der Waals surface area contributed by atoms with Crippen LogP contribution in [0.5, 0.6) is 0 Å². The Morgan fingerprint density at radius 2 is 1.58 bits per heavy atom. The zero-order valence-corrected chi connectivity index (χ0v) is 12.0. The number of halogens is 1. The summed E-state index contributed by atoms with van der Waals surface area (Å²) in [6.45, 7) is 1.90. The average Bonchev–Trinajstić information content (AvgIpc) is 2.41. The highest BCUT2D eigenvalue weighted by Gasteiger charge is 2.10. The van der Waals surface area contributed by atoms with E-state index >= 15 is 0 Å². The van der Waals surface area contributed by atoms with Crippen LogP contribution in [0.3, 0.4) is 0 Å². The molecule has 0 aliphatic rings. The van der Waals surface area contributed by atoms with Crippen molar-refractivity contribution in [1.82, 2.24) is 0 Å². The summed E-state index contributed by atoms with van der Waals surface area (Å²) >= 11 is 5.97. The predicted molar refractivity (Wildman–Crippen MR) is 80.4 cm³/mol. The summed E-state index contributed by atoms with van der Waals surface area (Å²) in [4.78, 5) is 14.3. The molecule has 0 atom stereocenters. The molecule has 0 bridgehead atoms. The molecule has 0 aromatic heterocycles. The van der Waals surface area contributed by atoms with Gasteiger partial charge in [0, 0.05) is 35.9 Å². The molecule has 0 saturated carbocycles. The van der Waals surface area contributed by atoms with Gasteiger partial charge in [-0.2, -0.15) is 0 Å². The Balaban J connectivity index is 2.30. The molecule has 2 aromatic carbocycles. The molecule has 0 unspecified atom stereocenters. The molecule has 0 radical (unpaired) electrons. The molecule has 2 aromatic rings. The first-order valence-corrected chi connectivity index (χ1v) is 6.45. The highest BCUT2D eigenvalue weighted by molar-refractivity contribution is 6.31. The second-order valence-corrected chi connectivity index (χ2v) is 5.14. The zero-order chi connectivity index (χ0) is 14.0. The second-order valence-electron chi connectivity index (χ2n) is 4.73. The van der Waals surface area contributed by atoms with E-state index in [-0.39, 0.29) is 5.78 Å². The van der Waals surface area contributed by atoms with E-state index in [1.165, 1.54) is 0 Å². The fourth-order valence-electron chi connectivity index (χ4n) is 1.86. The summed E-state index contributed by atoms with van der Waals surface area (Å²) in [6, 6.07) is 12.9. The standard InChI is InChI=1S/C16H16ClNO/c1-11-10-13(6-9-15(11)17)16(19)12-4-7-14(8-5-12)18(2)3/h4-10H,1-3H3. The first kappa shape index (κ1) is 13.6. The zero-order valence-electron chi connectivity index (χ0n) is 11.3. The van der Waals surface area contributed by atoms with Crippen molar-refractivity contribution in [1.29, 1.82) is 0 Å². The van der Waals surface area contributed by atoms with Crippen LogP contribution in [0, 0.1) is 6.92 Å². The monoisotopic (exact) mass is 273 g/mol. The summed E-state index contributed by atoms with van der Waals surface area (Å²) in [6.07, 6.45) is 0. The molecule has 2 nitrogen and oxygen atoms in total. The van der Waals surface area contributed by atoms with Gasteiger partial charge in [-0.1, -0.05) is 11.6 Å². The molecule has 0 fully saturated rings. The molecule has 98 valence electrons. The van der Waals surface area contributed by atoms with Crippen LogP contribution in [0.15, 0.2) is 42.5 Å². The van der Waals surface area contributed by atoms with Crippen molar-refractivity contribution in [2.24, 2.45) is 0 Å². The minimum atomic E-state index is 0.0186. The number of anilines is 1. The molecular formula is C16H16ClNO. The van der Waals surface area contributed by atoms with Crippen LogP contribution in [0.1, 0.15) is 21.5 Å². The topological polar surface area (TPSA) is 20.3 Å². The number of carbonyl (C=O) groups excluding carboxylic acids is 1. The summed E-state index contributed by atoms with van der Waals surface area (Å²) in [5, 5.41) is 0.680. The van der Waals surface area contributed by atoms with Gasteiger partial charge in [0.15, 0.2) is 5.78 Å². The lowest BCUT2D eigenvalue weighted by atomic mass is 10.0. The molecule has 0 heterocycles. The minimum Gasteiger partial charge on any atom is -0.378 e. The molecule has 0 aliphatic heterocycles. The number of hydrogen-bond donors (Lipinski definition) is 0. The van der Waals surface area contributed by atoms with E-state index in [2.05, 4.69) is 0 Å². The van der Waals surface area contributed by atoms with Gasteiger partial charge < -0.3 is 4.90 Å². The van der Waals surface area contributed by atoms with Gasteiger partial charge in [-0.25, -0.2) is 0 Å². The maximum atomic E-state index is 12.3. The van der Waals surface area contributed by atoms with Crippen LogP contribution >= 0.6 is 11.6 Å². The van der Waals surface area contributed by atoms with Crippen LogP contribution in [-0.2, 0) is 0 Å². The van der Waals surface area contributed by atoms with Crippen LogP contribution in [0.25, 0.3) is 0 Å². The van der Waals surface area contributed by atoms with Gasteiger partial charge in [-0.15, -0.1) is 0 Å². The summed E-state index contributed by atoms with van der Waals surface area (Å²) in [5.41, 5.74) is 3.34. The lowest BCUT2D eigenvalue weighted by molar-refractivity contribution is 0.103. The van der Waals surface area contributed by atoms with Crippen molar-refractivity contribution in [3.05, 3.63) is 64.2 Å². The van der Waals surface area contributed by atoms with Gasteiger partial charge in [0.2, 0.25) is 0 Å². The van der Waals surface area contributed by atoms with E-state index in [0.717, 1.165) is 11.3 Å². The Hall–Kier alpha value is -1.80. The van der Waals surface area contributed by atoms with E-state index in [4.69, 9.17) is 11.6 Å². The van der Waals surface area contributed by atoms with Gasteiger partial charge in [-0.05, 0) is 55.0 Å². The van der Waals surface area contributed by atoms with Crippen molar-refractivity contribution in [3.63, 3.8) is 0 Å². The van der Waals surface area contributed by atoms with Crippen LogP contribution < -0.4 is 4.90 Å². The summed E-state index contributed by atoms with van der Waals surface area (Å²) < 4.78 is 0. The quantitative estimate of drug-likeness (QED) is 0.790. The number of rotatable bonds is 3. The number of benzene rings is 2. The number of hydrogen-bond acceptors (Lipinski definition) is 2. The number of nitrogens with zero attached hydrogens (tertiary/aromatic N) is 1. The fourth-order valence-corrected chi connectivity index (χ4v) is 1.98. The van der Waals surface area contributed by atoms with E-state index in [1.54, 1.807) is 12.1 Å². The second kappa shape index (κ2) is 5.45. The van der Waals surface area contributed by atoms with Gasteiger partial charge in [0.1, 0.15) is 0 Å². The third-order valence-corrected chi connectivity index (χ3v) is 3.49. The molecule has 19 heavy (non-hydrogen) atoms. The molecule has 0 aliphatic carbocycles. The Morgan fingerprint density at radius 1 is 1.00 bits per heavy atom. The molecular weight excluding hydrogens is 258 g/mol. The number of ketones is 1. The maximum Gasteiger partial charge on any atom is 0.193 e. The first-order valence-electron chi connectivity index (χ1n) is 6.07. The van der Waals surface area contributed by atoms with Crippen molar-refractivity contribution < 1.29 is 4.79 Å². The Kier molecular flexibility index (Phi) is 3.91. The molecule has 0 N–H and O–H groups in total. The predicted octanol–water partition coefficient (Wildman–Crippen LogP) is 3.95. The molecule has 0 saturated heterocycles. The van der Waals surface area contributed by atoms with E-state index in [1.807, 2.05) is 56.3 Å². The van der Waals surface area contributed by atoms with Gasteiger partial charge in [0.25, 0.3) is 0 Å². The Morgan fingerprint density at radius 3 is 2.11 bits per heavy atom. The van der Waals surface area contributed by atoms with Crippen molar-refractivity contribution in [2.75, 3.05) is 19.0 Å². The van der Waals surface area contributed by atoms with Crippen LogP contribution in [0.2, 0.25) is 5.02 Å². The highest BCUT2D eigenvalue weighted by atomic mass is 35.5. The maximum absolute atomic E-state index is 12.3. The molecule has 3 heteroatoms. The van der Waals surface area contributed by atoms with Crippen molar-refractivity contribution in [3.8, 4) is 0 Å². The van der Waals surface area contributed by atoms with E-state index in [9.17, 15) is 4.79 Å². The van der Waals surface area contributed by atoms with Crippen molar-refractivity contribution in [2.45, 2.75) is 6.92 Å². The lowest BCUT2D eigenvalue weighted by Gasteiger charge is -2.12. The Labute approximate surface area is 118 Å². The minimum absolute atomic E-state index is 0.0186. The smallest absolute Gasteiger partial charge is 0.193 e. The number of carbonyl (C=O) groups is 1. The third-order valence-electron chi connectivity index (χ3n) is 3.07. The average molecular weight is 274 g/mol. The number of aryl methyl sites for hydroxylation is 1. The lowest BCUT2D eigenvalue weighted by Crippen LogP contribution is -2.09. The molecule has 0 amide bonds. The third kappa shape index (κ3) is 2.96. The van der Waals surface area contributed by atoms with Gasteiger partial charge >= 0.3 is 0 Å². The van der Waals surface area contributed by atoms with Gasteiger partial charge in [0.05, 0.1) is 0 Å². The summed E-state index contributed by atoms with van der Waals surface area (Å²) in [7, 11) is 3.94. The highest BCUT2D eigenvalue weighted by Crippen LogP contribution is 2.20. The first-order chi connectivity index (χ1) is 8.99. The van der Waals surface area contributed by atoms with Crippen molar-refractivity contribution >= 4 is 23.1 Å². The van der Waals surface area contributed by atoms with E-state index < -0.39 is 0 Å². The Bertz CT molecular complexity index is 603.